The Hall–Kier alpha value is -3.46. The van der Waals surface area contributed by atoms with Gasteiger partial charge in [-0.3, -0.25) is 0 Å². The number of benzene rings is 2. The number of piperidine rings is 1. The Labute approximate surface area is 190 Å². The highest BCUT2D eigenvalue weighted by molar-refractivity contribution is 5.69. The van der Waals surface area contributed by atoms with E-state index in [-0.39, 0.29) is 11.6 Å². The first-order chi connectivity index (χ1) is 16.0. The van der Waals surface area contributed by atoms with Gasteiger partial charge in [0.1, 0.15) is 0 Å². The molecule has 0 aliphatic carbocycles. The van der Waals surface area contributed by atoms with Gasteiger partial charge in [0.25, 0.3) is 5.89 Å². The topological polar surface area (TPSA) is 97.9 Å². The molecule has 1 aromatic heterocycles. The van der Waals surface area contributed by atoms with Gasteiger partial charge >= 0.3 is 5.97 Å². The molecule has 8 nitrogen and oxygen atoms in total. The van der Waals surface area contributed by atoms with E-state index in [4.69, 9.17) is 19.1 Å². The molecule has 0 saturated carbocycles. The van der Waals surface area contributed by atoms with Crippen molar-refractivity contribution in [2.45, 2.75) is 38.8 Å². The fraction of sp³-hybridized carbons (Fsp3) is 0.375. The number of carboxylic acid groups (broad SMARTS) is 1. The third-order valence-corrected chi connectivity index (χ3v) is 5.71. The lowest BCUT2D eigenvalue weighted by Crippen LogP contribution is -2.38. The summed E-state index contributed by atoms with van der Waals surface area (Å²) in [7, 11) is 1.67. The maximum atomic E-state index is 14.3. The second-order valence-electron chi connectivity index (χ2n) is 8.07. The maximum absolute atomic E-state index is 14.3. The summed E-state index contributed by atoms with van der Waals surface area (Å²) in [6.45, 7) is 3.08. The molecule has 1 atom stereocenters. The zero-order valence-electron chi connectivity index (χ0n) is 18.6. The summed E-state index contributed by atoms with van der Waals surface area (Å²) >= 11 is 0. The summed E-state index contributed by atoms with van der Waals surface area (Å²) in [6, 6.07) is 10.5. The van der Waals surface area contributed by atoms with E-state index in [2.05, 4.69) is 28.0 Å². The number of rotatable bonds is 8. The number of carbonyl (C=O) groups is 1. The molecule has 0 radical (unpaired) electrons. The minimum absolute atomic E-state index is 0.156. The Balaban J connectivity index is 1.58. The third-order valence-electron chi connectivity index (χ3n) is 5.71. The van der Waals surface area contributed by atoms with Crippen molar-refractivity contribution in [2.24, 2.45) is 0 Å². The number of halogens is 1. The van der Waals surface area contributed by atoms with Gasteiger partial charge in [-0.25, -0.2) is 9.18 Å². The average molecular weight is 455 g/mol. The van der Waals surface area contributed by atoms with E-state index in [1.54, 1.807) is 13.2 Å². The molecular formula is C24H26FN3O5. The van der Waals surface area contributed by atoms with Gasteiger partial charge in [-0.2, -0.15) is 4.98 Å². The molecule has 0 bridgehead atoms. The van der Waals surface area contributed by atoms with Crippen LogP contribution in [0.1, 0.15) is 31.7 Å². The number of ether oxygens (including phenoxy) is 2. The van der Waals surface area contributed by atoms with Gasteiger partial charge in [0, 0.05) is 42.1 Å². The van der Waals surface area contributed by atoms with Gasteiger partial charge in [0.05, 0.1) is 6.61 Å². The lowest BCUT2D eigenvalue weighted by molar-refractivity contribution is -0.139. The minimum Gasteiger partial charge on any atom is -0.479 e. The van der Waals surface area contributed by atoms with E-state index in [9.17, 15) is 9.18 Å². The molecule has 174 valence electrons. The first-order valence-corrected chi connectivity index (χ1v) is 10.8. The number of nitrogens with zero attached hydrogens (tertiary/aromatic N) is 3. The number of carboxylic acids is 1. The summed E-state index contributed by atoms with van der Waals surface area (Å²) in [6.07, 6.45) is 3.58. The summed E-state index contributed by atoms with van der Waals surface area (Å²) < 4.78 is 30.1. The molecule has 2 heterocycles. The van der Waals surface area contributed by atoms with Crippen LogP contribution >= 0.6 is 0 Å². The van der Waals surface area contributed by atoms with Crippen LogP contribution < -0.4 is 9.64 Å². The quantitative estimate of drug-likeness (QED) is 0.529. The number of hydrogen-bond donors (Lipinski definition) is 1. The van der Waals surface area contributed by atoms with Crippen LogP contribution in [-0.4, -0.2) is 47.5 Å². The standard InChI is InChI=1S/C24H26FN3O5/c1-15-5-3-4-10-28(15)20-8-6-17(11-18(20)13-31-2)24-26-23(27-33-24)16-7-9-21(19(25)12-16)32-14-22(29)30/h6-9,11-12,15H,3-5,10,13-14H2,1-2H3,(H,29,30). The van der Waals surface area contributed by atoms with Crippen LogP contribution in [0.5, 0.6) is 5.75 Å². The van der Waals surface area contributed by atoms with E-state index in [1.807, 2.05) is 12.1 Å². The molecule has 1 aliphatic rings. The van der Waals surface area contributed by atoms with Crippen molar-refractivity contribution < 1.29 is 28.3 Å². The Morgan fingerprint density at radius 1 is 1.24 bits per heavy atom. The zero-order valence-corrected chi connectivity index (χ0v) is 18.6. The number of aliphatic carboxylic acids is 1. The first kappa shape index (κ1) is 22.7. The molecule has 0 spiro atoms. The number of aromatic nitrogens is 2. The van der Waals surface area contributed by atoms with Gasteiger partial charge in [-0.05, 0) is 62.6 Å². The molecule has 1 unspecified atom stereocenters. The van der Waals surface area contributed by atoms with Crippen LogP contribution in [0.3, 0.4) is 0 Å². The van der Waals surface area contributed by atoms with Crippen LogP contribution in [0, 0.1) is 5.82 Å². The van der Waals surface area contributed by atoms with Crippen LogP contribution in [0.25, 0.3) is 22.8 Å². The second-order valence-corrected chi connectivity index (χ2v) is 8.07. The lowest BCUT2D eigenvalue weighted by Gasteiger charge is -2.36. The highest BCUT2D eigenvalue weighted by Gasteiger charge is 2.22. The van der Waals surface area contributed by atoms with E-state index >= 15 is 0 Å². The first-order valence-electron chi connectivity index (χ1n) is 10.8. The summed E-state index contributed by atoms with van der Waals surface area (Å²) in [5.74, 6) is -1.52. The smallest absolute Gasteiger partial charge is 0.341 e. The molecule has 0 amide bonds. The summed E-state index contributed by atoms with van der Waals surface area (Å²) in [5.41, 5.74) is 3.32. The molecule has 33 heavy (non-hydrogen) atoms. The molecule has 1 saturated heterocycles. The molecular weight excluding hydrogens is 429 g/mol. The average Bonchev–Trinajstić information content (AvgIpc) is 3.29. The van der Waals surface area contributed by atoms with Crippen LogP contribution in [0.15, 0.2) is 40.9 Å². The van der Waals surface area contributed by atoms with Crippen LogP contribution in [0.2, 0.25) is 0 Å². The van der Waals surface area contributed by atoms with Crippen molar-refractivity contribution >= 4 is 11.7 Å². The third kappa shape index (κ3) is 5.14. The van der Waals surface area contributed by atoms with E-state index in [0.717, 1.165) is 29.8 Å². The fourth-order valence-corrected chi connectivity index (χ4v) is 4.08. The predicted molar refractivity (Wildman–Crippen MR) is 120 cm³/mol. The largest absolute Gasteiger partial charge is 0.479 e. The van der Waals surface area contributed by atoms with Gasteiger partial charge in [0.15, 0.2) is 18.2 Å². The Kier molecular flexibility index (Phi) is 6.88. The summed E-state index contributed by atoms with van der Waals surface area (Å²) in [5, 5.41) is 12.7. The monoisotopic (exact) mass is 455 g/mol. The second kappa shape index (κ2) is 9.99. The van der Waals surface area contributed by atoms with E-state index in [1.165, 1.54) is 25.0 Å². The Bertz CT molecular complexity index is 1130. The highest BCUT2D eigenvalue weighted by atomic mass is 19.1. The van der Waals surface area contributed by atoms with Gasteiger partial charge in [-0.15, -0.1) is 0 Å². The molecule has 2 aromatic carbocycles. The zero-order chi connectivity index (χ0) is 23.4. The van der Waals surface area contributed by atoms with Gasteiger partial charge < -0.3 is 24.0 Å². The van der Waals surface area contributed by atoms with Crippen molar-refractivity contribution in [3.05, 3.63) is 47.8 Å². The predicted octanol–water partition coefficient (Wildman–Crippen LogP) is 4.53. The van der Waals surface area contributed by atoms with Crippen molar-refractivity contribution in [3.8, 4) is 28.6 Å². The van der Waals surface area contributed by atoms with Crippen LogP contribution in [-0.2, 0) is 16.1 Å². The molecule has 1 fully saturated rings. The highest BCUT2D eigenvalue weighted by Crippen LogP contribution is 2.32. The SMILES string of the molecule is COCc1cc(-c2nc(-c3ccc(OCC(=O)O)c(F)c3)no2)ccc1N1CCCCC1C. The van der Waals surface area contributed by atoms with E-state index in [0.29, 0.717) is 24.1 Å². The number of anilines is 1. The number of methoxy groups -OCH3 is 1. The molecule has 1 aliphatic heterocycles. The molecule has 3 aromatic rings. The Morgan fingerprint density at radius 2 is 2.06 bits per heavy atom. The maximum Gasteiger partial charge on any atom is 0.341 e. The number of hydrogen-bond acceptors (Lipinski definition) is 7. The normalized spacial score (nSPS) is 16.1. The minimum atomic E-state index is -1.19. The van der Waals surface area contributed by atoms with Gasteiger partial charge in [-0.1, -0.05) is 5.16 Å². The van der Waals surface area contributed by atoms with Crippen molar-refractivity contribution in [1.82, 2.24) is 10.1 Å². The van der Waals surface area contributed by atoms with Gasteiger partial charge in [0.2, 0.25) is 5.82 Å². The Morgan fingerprint density at radius 3 is 2.79 bits per heavy atom. The molecule has 4 rings (SSSR count). The van der Waals surface area contributed by atoms with Crippen LogP contribution in [0.4, 0.5) is 10.1 Å². The van der Waals surface area contributed by atoms with E-state index < -0.39 is 18.4 Å². The fourth-order valence-electron chi connectivity index (χ4n) is 4.08. The van der Waals surface area contributed by atoms with Crippen molar-refractivity contribution in [1.29, 1.82) is 0 Å². The summed E-state index contributed by atoms with van der Waals surface area (Å²) in [4.78, 5) is 17.4. The molecule has 9 heteroatoms. The van der Waals surface area contributed by atoms with Crippen molar-refractivity contribution in [2.75, 3.05) is 25.2 Å². The lowest BCUT2D eigenvalue weighted by atomic mass is 10.00. The van der Waals surface area contributed by atoms with Crippen molar-refractivity contribution in [3.63, 3.8) is 0 Å². The molecule has 1 N–H and O–H groups in total.